The standard InChI is InChI=1S/C20H33BN2O2/c1-15(2)18-14-23(13-12-22(18)7)17-10-8-16(9-11-17)21-24-19(3,4)20(5,6)25-21/h8-11,15,18H,12-14H2,1-7H3/t18-/m1/s1. The molecular weight excluding hydrogens is 311 g/mol. The zero-order valence-corrected chi connectivity index (χ0v) is 16.9. The van der Waals surface area contributed by atoms with E-state index < -0.39 is 0 Å². The summed E-state index contributed by atoms with van der Waals surface area (Å²) < 4.78 is 12.3. The van der Waals surface area contributed by atoms with Crippen molar-refractivity contribution in [2.24, 2.45) is 5.92 Å². The molecule has 25 heavy (non-hydrogen) atoms. The van der Waals surface area contributed by atoms with Gasteiger partial charge < -0.3 is 14.2 Å². The van der Waals surface area contributed by atoms with Gasteiger partial charge in [0.05, 0.1) is 11.2 Å². The van der Waals surface area contributed by atoms with Gasteiger partial charge in [-0.3, -0.25) is 4.90 Å². The molecule has 4 nitrogen and oxygen atoms in total. The molecule has 2 saturated heterocycles. The second kappa shape index (κ2) is 6.60. The van der Waals surface area contributed by atoms with Gasteiger partial charge in [0.25, 0.3) is 0 Å². The smallest absolute Gasteiger partial charge is 0.399 e. The lowest BCUT2D eigenvalue weighted by atomic mass is 9.79. The largest absolute Gasteiger partial charge is 0.494 e. The summed E-state index contributed by atoms with van der Waals surface area (Å²) in [4.78, 5) is 4.98. The highest BCUT2D eigenvalue weighted by Crippen LogP contribution is 2.36. The Labute approximate surface area is 153 Å². The molecule has 1 aromatic rings. The van der Waals surface area contributed by atoms with E-state index in [1.165, 1.54) is 5.69 Å². The van der Waals surface area contributed by atoms with Crippen LogP contribution >= 0.6 is 0 Å². The van der Waals surface area contributed by atoms with Crippen LogP contribution < -0.4 is 10.4 Å². The molecule has 0 aromatic heterocycles. The lowest BCUT2D eigenvalue weighted by Gasteiger charge is -2.42. The Morgan fingerprint density at radius 3 is 2.08 bits per heavy atom. The average molecular weight is 344 g/mol. The molecule has 1 atom stereocenters. The van der Waals surface area contributed by atoms with Crippen LogP contribution in [0.25, 0.3) is 0 Å². The van der Waals surface area contributed by atoms with E-state index in [1.54, 1.807) is 0 Å². The predicted octanol–water partition coefficient (Wildman–Crippen LogP) is 2.76. The summed E-state index contributed by atoms with van der Waals surface area (Å²) in [5.41, 5.74) is 1.80. The second-order valence-electron chi connectivity index (χ2n) is 8.92. The van der Waals surface area contributed by atoms with Gasteiger partial charge in [-0.1, -0.05) is 26.0 Å². The Morgan fingerprint density at radius 1 is 1.00 bits per heavy atom. The van der Waals surface area contributed by atoms with Crippen molar-refractivity contribution in [2.75, 3.05) is 31.6 Å². The van der Waals surface area contributed by atoms with Crippen LogP contribution in [0.5, 0.6) is 0 Å². The van der Waals surface area contributed by atoms with Crippen molar-refractivity contribution in [1.29, 1.82) is 0 Å². The summed E-state index contributed by atoms with van der Waals surface area (Å²) in [6, 6.07) is 9.34. The first kappa shape index (κ1) is 18.7. The molecule has 0 spiro atoms. The molecule has 2 heterocycles. The van der Waals surface area contributed by atoms with E-state index >= 15 is 0 Å². The number of rotatable bonds is 3. The highest BCUT2D eigenvalue weighted by atomic mass is 16.7. The van der Waals surface area contributed by atoms with Gasteiger partial charge >= 0.3 is 7.12 Å². The Bertz CT molecular complexity index is 584. The first-order chi connectivity index (χ1) is 11.6. The Balaban J connectivity index is 1.71. The van der Waals surface area contributed by atoms with Crippen LogP contribution in [0.3, 0.4) is 0 Å². The number of likely N-dealkylation sites (N-methyl/N-ethyl adjacent to an activating group) is 1. The van der Waals surface area contributed by atoms with Gasteiger partial charge in [0, 0.05) is 31.4 Å². The third-order valence-corrected chi connectivity index (χ3v) is 6.25. The minimum Gasteiger partial charge on any atom is -0.399 e. The Morgan fingerprint density at radius 2 is 1.56 bits per heavy atom. The van der Waals surface area contributed by atoms with Gasteiger partial charge in [-0.2, -0.15) is 0 Å². The Kier molecular flexibility index (Phi) is 4.95. The summed E-state index contributed by atoms with van der Waals surface area (Å²) in [5.74, 6) is 0.664. The van der Waals surface area contributed by atoms with Crippen LogP contribution in [0.1, 0.15) is 41.5 Å². The van der Waals surface area contributed by atoms with Crippen LogP contribution in [0.15, 0.2) is 24.3 Å². The molecule has 0 saturated carbocycles. The van der Waals surface area contributed by atoms with Crippen LogP contribution in [0.2, 0.25) is 0 Å². The van der Waals surface area contributed by atoms with Gasteiger partial charge in [0.15, 0.2) is 0 Å². The molecule has 5 heteroatoms. The van der Waals surface area contributed by atoms with Gasteiger partial charge in [-0.25, -0.2) is 0 Å². The summed E-state index contributed by atoms with van der Waals surface area (Å²) in [6.07, 6.45) is 0. The first-order valence-corrected chi connectivity index (χ1v) is 9.51. The van der Waals surface area contributed by atoms with Crippen LogP contribution in [-0.4, -0.2) is 55.9 Å². The van der Waals surface area contributed by atoms with Gasteiger partial charge in [-0.05, 0) is 58.3 Å². The second-order valence-corrected chi connectivity index (χ2v) is 8.92. The van der Waals surface area contributed by atoms with Crippen molar-refractivity contribution in [3.63, 3.8) is 0 Å². The van der Waals surface area contributed by atoms with Crippen LogP contribution in [0.4, 0.5) is 5.69 Å². The third kappa shape index (κ3) is 3.60. The normalized spacial score (nSPS) is 26.5. The molecule has 0 amide bonds. The van der Waals surface area contributed by atoms with E-state index in [-0.39, 0.29) is 18.3 Å². The van der Waals surface area contributed by atoms with Crippen molar-refractivity contribution in [3.8, 4) is 0 Å². The van der Waals surface area contributed by atoms with Crippen molar-refractivity contribution in [1.82, 2.24) is 4.90 Å². The van der Waals surface area contributed by atoms with E-state index in [9.17, 15) is 0 Å². The lowest BCUT2D eigenvalue weighted by Crippen LogP contribution is -2.53. The highest BCUT2D eigenvalue weighted by Gasteiger charge is 2.51. The molecule has 0 radical (unpaired) electrons. The average Bonchev–Trinajstić information content (AvgIpc) is 2.76. The van der Waals surface area contributed by atoms with Crippen LogP contribution in [-0.2, 0) is 9.31 Å². The molecule has 2 aliphatic heterocycles. The zero-order chi connectivity index (χ0) is 18.4. The quantitative estimate of drug-likeness (QED) is 0.788. The SMILES string of the molecule is CC(C)[C@H]1CN(c2ccc(B3OC(C)(C)C(C)(C)O3)cc2)CCN1C. The number of nitrogens with zero attached hydrogens (tertiary/aromatic N) is 2. The highest BCUT2D eigenvalue weighted by molar-refractivity contribution is 6.62. The zero-order valence-electron chi connectivity index (χ0n) is 16.9. The van der Waals surface area contributed by atoms with E-state index in [2.05, 4.69) is 82.7 Å². The molecule has 0 aliphatic carbocycles. The summed E-state index contributed by atoms with van der Waals surface area (Å²) in [5, 5.41) is 0. The monoisotopic (exact) mass is 344 g/mol. The van der Waals surface area contributed by atoms with Crippen LogP contribution in [0, 0.1) is 5.92 Å². The van der Waals surface area contributed by atoms with E-state index in [1.807, 2.05) is 0 Å². The fourth-order valence-corrected chi connectivity index (χ4v) is 3.68. The molecule has 0 bridgehead atoms. The minimum atomic E-state index is -0.293. The number of hydrogen-bond donors (Lipinski definition) is 0. The van der Waals surface area contributed by atoms with Crippen molar-refractivity contribution >= 4 is 18.3 Å². The Hall–Kier alpha value is -1.04. The maximum Gasteiger partial charge on any atom is 0.494 e. The lowest BCUT2D eigenvalue weighted by molar-refractivity contribution is 0.00578. The van der Waals surface area contributed by atoms with E-state index in [4.69, 9.17) is 9.31 Å². The van der Waals surface area contributed by atoms with Crippen molar-refractivity contribution < 1.29 is 9.31 Å². The predicted molar refractivity (Wildman–Crippen MR) is 106 cm³/mol. The van der Waals surface area contributed by atoms with Gasteiger partial charge in [-0.15, -0.1) is 0 Å². The molecule has 138 valence electrons. The fraction of sp³-hybridized carbons (Fsp3) is 0.700. The third-order valence-electron chi connectivity index (χ3n) is 6.25. The van der Waals surface area contributed by atoms with Crippen molar-refractivity contribution in [3.05, 3.63) is 24.3 Å². The molecular formula is C20H33BN2O2. The molecule has 0 unspecified atom stereocenters. The van der Waals surface area contributed by atoms with Gasteiger partial charge in [0.1, 0.15) is 0 Å². The number of benzene rings is 1. The molecule has 2 fully saturated rings. The van der Waals surface area contributed by atoms with Crippen molar-refractivity contribution in [2.45, 2.75) is 58.8 Å². The van der Waals surface area contributed by atoms with Gasteiger partial charge in [0.2, 0.25) is 0 Å². The summed E-state index contributed by atoms with van der Waals surface area (Å²) in [7, 11) is 1.96. The molecule has 1 aromatic carbocycles. The topological polar surface area (TPSA) is 24.9 Å². The molecule has 0 N–H and O–H groups in total. The number of anilines is 1. The first-order valence-electron chi connectivity index (χ1n) is 9.51. The number of piperazine rings is 1. The summed E-state index contributed by atoms with van der Waals surface area (Å²) in [6.45, 7) is 16.3. The van der Waals surface area contributed by atoms with E-state index in [0.717, 1.165) is 25.1 Å². The molecule has 2 aliphatic rings. The fourth-order valence-electron chi connectivity index (χ4n) is 3.68. The number of hydrogen-bond acceptors (Lipinski definition) is 4. The summed E-state index contributed by atoms with van der Waals surface area (Å²) >= 11 is 0. The molecule has 3 rings (SSSR count). The maximum absolute atomic E-state index is 6.16. The van der Waals surface area contributed by atoms with E-state index in [0.29, 0.717) is 12.0 Å². The minimum absolute atomic E-state index is 0.282. The maximum atomic E-state index is 6.16.